The van der Waals surface area contributed by atoms with E-state index >= 15 is 0 Å². The Labute approximate surface area is 84.8 Å². The van der Waals surface area contributed by atoms with Gasteiger partial charge >= 0.3 is 0 Å². The van der Waals surface area contributed by atoms with Gasteiger partial charge in [0, 0.05) is 24.7 Å². The Morgan fingerprint density at radius 2 is 2.54 bits per heavy atom. The largest absolute Gasteiger partial charge is 0.327 e. The summed E-state index contributed by atoms with van der Waals surface area (Å²) >= 11 is 2.93. The van der Waals surface area contributed by atoms with Gasteiger partial charge in [-0.25, -0.2) is 0 Å². The van der Waals surface area contributed by atoms with Crippen LogP contribution < -0.4 is 4.80 Å². The first-order valence-electron chi connectivity index (χ1n) is 3.62. The molecule has 1 aromatic rings. The number of hydrogen-bond donors (Lipinski definition) is 0. The molecular formula is C8H10N2OS2. The fourth-order valence-electron chi connectivity index (χ4n) is 0.692. The van der Waals surface area contributed by atoms with Gasteiger partial charge in [0.25, 0.3) is 5.91 Å². The van der Waals surface area contributed by atoms with Crippen LogP contribution in [0.25, 0.3) is 0 Å². The molecule has 70 valence electrons. The number of carbonyl (C=O) groups is 1. The van der Waals surface area contributed by atoms with Crippen LogP contribution in [0.3, 0.4) is 0 Å². The number of aryl methyl sites for hydroxylation is 1. The Kier molecular flexibility index (Phi) is 3.98. The van der Waals surface area contributed by atoms with Crippen molar-refractivity contribution in [3.8, 4) is 0 Å². The zero-order chi connectivity index (χ0) is 9.68. The van der Waals surface area contributed by atoms with Crippen molar-refractivity contribution < 1.29 is 4.79 Å². The van der Waals surface area contributed by atoms with Crippen LogP contribution in [0, 0.1) is 0 Å². The maximum Gasteiger partial charge on any atom is 0.272 e. The molecule has 0 N–H and O–H groups in total. The highest BCUT2D eigenvalue weighted by atomic mass is 32.2. The molecule has 0 radical (unpaired) electrons. The van der Waals surface area contributed by atoms with Crippen molar-refractivity contribution in [1.82, 2.24) is 4.57 Å². The van der Waals surface area contributed by atoms with Crippen molar-refractivity contribution in [1.29, 1.82) is 0 Å². The van der Waals surface area contributed by atoms with Gasteiger partial charge in [-0.1, -0.05) is 0 Å². The first kappa shape index (κ1) is 10.3. The van der Waals surface area contributed by atoms with Gasteiger partial charge in [0.1, 0.15) is 0 Å². The standard InChI is InChI=1S/C8H10N2OS2/c1-10-4-6-13-8(10)9-7(11)3-5-12-2/h3-6H,1-2H3/b5-3+,9-8?. The molecule has 0 fully saturated rings. The fourth-order valence-corrected chi connectivity index (χ4v) is 1.68. The van der Waals surface area contributed by atoms with Crippen LogP contribution in [0.5, 0.6) is 0 Å². The Hall–Kier alpha value is -0.810. The van der Waals surface area contributed by atoms with Crippen LogP contribution in [0.1, 0.15) is 0 Å². The van der Waals surface area contributed by atoms with E-state index in [-0.39, 0.29) is 5.91 Å². The number of aromatic nitrogens is 1. The second kappa shape index (κ2) is 5.04. The van der Waals surface area contributed by atoms with Gasteiger partial charge in [-0.3, -0.25) is 4.79 Å². The molecule has 0 aliphatic heterocycles. The van der Waals surface area contributed by atoms with Gasteiger partial charge in [0.15, 0.2) is 4.80 Å². The first-order chi connectivity index (χ1) is 6.24. The van der Waals surface area contributed by atoms with E-state index in [9.17, 15) is 4.79 Å². The summed E-state index contributed by atoms with van der Waals surface area (Å²) in [6.45, 7) is 0. The summed E-state index contributed by atoms with van der Waals surface area (Å²) in [6, 6.07) is 0. The second-order valence-electron chi connectivity index (χ2n) is 2.28. The SMILES string of the molecule is CS/C=C/C(=O)N=c1sccn1C. The van der Waals surface area contributed by atoms with Crippen LogP contribution in [0.15, 0.2) is 28.1 Å². The minimum absolute atomic E-state index is 0.215. The molecule has 13 heavy (non-hydrogen) atoms. The summed E-state index contributed by atoms with van der Waals surface area (Å²) in [7, 11) is 1.86. The zero-order valence-electron chi connectivity index (χ0n) is 7.43. The smallest absolute Gasteiger partial charge is 0.272 e. The minimum atomic E-state index is -0.215. The summed E-state index contributed by atoms with van der Waals surface area (Å²) in [5, 5.41) is 3.61. The topological polar surface area (TPSA) is 34.4 Å². The van der Waals surface area contributed by atoms with Gasteiger partial charge < -0.3 is 4.57 Å². The van der Waals surface area contributed by atoms with E-state index in [0.29, 0.717) is 0 Å². The maximum atomic E-state index is 11.1. The Morgan fingerprint density at radius 1 is 1.77 bits per heavy atom. The van der Waals surface area contributed by atoms with E-state index in [1.165, 1.54) is 29.2 Å². The third kappa shape index (κ3) is 3.20. The molecule has 5 heteroatoms. The van der Waals surface area contributed by atoms with Crippen LogP contribution in [0.2, 0.25) is 0 Å². The lowest BCUT2D eigenvalue weighted by molar-refractivity contribution is -0.113. The van der Waals surface area contributed by atoms with E-state index in [1.54, 1.807) is 5.41 Å². The molecule has 0 atom stereocenters. The maximum absolute atomic E-state index is 11.1. The predicted molar refractivity (Wildman–Crippen MR) is 56.5 cm³/mol. The summed E-state index contributed by atoms with van der Waals surface area (Å²) in [6.07, 6.45) is 5.23. The monoisotopic (exact) mass is 214 g/mol. The fraction of sp³-hybridized carbons (Fsp3) is 0.250. The molecule has 0 unspecified atom stereocenters. The van der Waals surface area contributed by atoms with E-state index in [4.69, 9.17) is 0 Å². The van der Waals surface area contributed by atoms with Crippen molar-refractivity contribution >= 4 is 29.0 Å². The summed E-state index contributed by atoms with van der Waals surface area (Å²) in [5.41, 5.74) is 0. The van der Waals surface area contributed by atoms with Gasteiger partial charge in [-0.05, 0) is 11.7 Å². The van der Waals surface area contributed by atoms with Crippen molar-refractivity contribution in [3.63, 3.8) is 0 Å². The number of nitrogens with zero attached hydrogens (tertiary/aromatic N) is 2. The lowest BCUT2D eigenvalue weighted by Gasteiger charge is -1.86. The molecule has 0 saturated carbocycles. The van der Waals surface area contributed by atoms with Gasteiger partial charge in [0.05, 0.1) is 0 Å². The number of amides is 1. The Bertz CT molecular complexity index is 375. The van der Waals surface area contributed by atoms with Crippen molar-refractivity contribution in [2.24, 2.45) is 12.0 Å². The lowest BCUT2D eigenvalue weighted by atomic mass is 10.6. The van der Waals surface area contributed by atoms with E-state index in [2.05, 4.69) is 4.99 Å². The number of thioether (sulfide) groups is 1. The van der Waals surface area contributed by atoms with Crippen molar-refractivity contribution in [2.45, 2.75) is 0 Å². The van der Waals surface area contributed by atoms with E-state index in [0.717, 1.165) is 4.80 Å². The average Bonchev–Trinajstić information content (AvgIpc) is 2.48. The van der Waals surface area contributed by atoms with Crippen LogP contribution in [-0.4, -0.2) is 16.7 Å². The van der Waals surface area contributed by atoms with E-state index < -0.39 is 0 Å². The Morgan fingerprint density at radius 3 is 3.08 bits per heavy atom. The normalized spacial score (nSPS) is 12.6. The predicted octanol–water partition coefficient (Wildman–Crippen LogP) is 1.39. The number of rotatable bonds is 2. The molecule has 1 aromatic heterocycles. The molecule has 0 aromatic carbocycles. The van der Waals surface area contributed by atoms with Crippen LogP contribution >= 0.6 is 23.1 Å². The zero-order valence-corrected chi connectivity index (χ0v) is 9.06. The number of hydrogen-bond acceptors (Lipinski definition) is 3. The highest BCUT2D eigenvalue weighted by Crippen LogP contribution is 1.93. The third-order valence-electron chi connectivity index (χ3n) is 1.31. The highest BCUT2D eigenvalue weighted by molar-refractivity contribution is 8.01. The molecule has 0 bridgehead atoms. The molecular weight excluding hydrogens is 204 g/mol. The molecule has 0 aliphatic rings. The third-order valence-corrected chi connectivity index (χ3v) is 2.57. The Balaban J connectivity index is 2.83. The molecule has 1 heterocycles. The minimum Gasteiger partial charge on any atom is -0.327 e. The number of thiazole rings is 1. The van der Waals surface area contributed by atoms with Gasteiger partial charge in [-0.15, -0.1) is 23.1 Å². The lowest BCUT2D eigenvalue weighted by Crippen LogP contribution is -2.11. The second-order valence-corrected chi connectivity index (χ2v) is 3.90. The molecule has 1 rings (SSSR count). The molecule has 0 spiro atoms. The van der Waals surface area contributed by atoms with Gasteiger partial charge in [0.2, 0.25) is 0 Å². The molecule has 3 nitrogen and oxygen atoms in total. The van der Waals surface area contributed by atoms with Crippen LogP contribution in [0.4, 0.5) is 0 Å². The van der Waals surface area contributed by atoms with E-state index in [1.807, 2.05) is 29.4 Å². The first-order valence-corrected chi connectivity index (χ1v) is 5.79. The summed E-state index contributed by atoms with van der Waals surface area (Å²) in [5.74, 6) is -0.215. The molecule has 0 saturated heterocycles. The van der Waals surface area contributed by atoms with Crippen LogP contribution in [-0.2, 0) is 11.8 Å². The highest BCUT2D eigenvalue weighted by Gasteiger charge is 1.92. The quantitative estimate of drug-likeness (QED) is 0.697. The van der Waals surface area contributed by atoms with Crippen molar-refractivity contribution in [2.75, 3.05) is 6.26 Å². The molecule has 1 amide bonds. The average molecular weight is 214 g/mol. The molecule has 0 aliphatic carbocycles. The van der Waals surface area contributed by atoms with Gasteiger partial charge in [-0.2, -0.15) is 4.99 Å². The summed E-state index contributed by atoms with van der Waals surface area (Å²) in [4.78, 5) is 15.8. The number of carbonyl (C=O) groups excluding carboxylic acids is 1. The van der Waals surface area contributed by atoms with Crippen molar-refractivity contribution in [3.05, 3.63) is 27.9 Å². The summed E-state index contributed by atoms with van der Waals surface area (Å²) < 4.78 is 1.81.